The largest absolute Gasteiger partial charge is 0.497 e. The molecule has 0 spiro atoms. The lowest BCUT2D eigenvalue weighted by molar-refractivity contribution is 0.134. The summed E-state index contributed by atoms with van der Waals surface area (Å²) >= 11 is 0. The number of fused-ring (bicyclic) bond motifs is 2. The standard InChI is InChI=1S/C21H28N4O2/c1-26-17-10-15(12-22)20-18(11-17)21-19(6-7-24-20)27-9-8-25(21)13-14-2-4-16(23)5-3-14/h10-11,14,16,24H,2-9,13,23H2,1H3. The van der Waals surface area contributed by atoms with E-state index in [1.165, 1.54) is 12.8 Å². The minimum Gasteiger partial charge on any atom is -0.497 e. The van der Waals surface area contributed by atoms with Crippen LogP contribution in [0.1, 0.15) is 43.2 Å². The van der Waals surface area contributed by atoms with Crippen molar-refractivity contribution in [2.45, 2.75) is 38.1 Å². The third-order valence-corrected chi connectivity index (χ3v) is 5.96. The van der Waals surface area contributed by atoms with Crippen LogP contribution in [0.25, 0.3) is 5.70 Å². The van der Waals surface area contributed by atoms with Crippen LogP contribution in [0.15, 0.2) is 17.9 Å². The highest BCUT2D eigenvalue weighted by Crippen LogP contribution is 2.40. The van der Waals surface area contributed by atoms with Crippen LogP contribution in [-0.2, 0) is 4.74 Å². The molecule has 3 aliphatic rings. The molecule has 1 saturated carbocycles. The first kappa shape index (κ1) is 18.0. The Hall–Kier alpha value is -2.39. The molecule has 1 aromatic rings. The molecule has 27 heavy (non-hydrogen) atoms. The number of hydrogen-bond acceptors (Lipinski definition) is 6. The van der Waals surface area contributed by atoms with E-state index in [0.29, 0.717) is 23.3 Å². The third-order valence-electron chi connectivity index (χ3n) is 5.96. The monoisotopic (exact) mass is 368 g/mol. The van der Waals surface area contributed by atoms with Crippen molar-refractivity contribution >= 4 is 11.4 Å². The van der Waals surface area contributed by atoms with Gasteiger partial charge in [0.15, 0.2) is 0 Å². The first-order valence-electron chi connectivity index (χ1n) is 9.92. The Kier molecular flexibility index (Phi) is 5.13. The Morgan fingerprint density at radius 3 is 2.89 bits per heavy atom. The molecule has 0 atom stereocenters. The van der Waals surface area contributed by atoms with E-state index in [4.69, 9.17) is 15.2 Å². The molecule has 2 heterocycles. The predicted octanol–water partition coefficient (Wildman–Crippen LogP) is 2.90. The van der Waals surface area contributed by atoms with E-state index < -0.39 is 0 Å². The van der Waals surface area contributed by atoms with Crippen LogP contribution in [0.4, 0.5) is 5.69 Å². The second-order valence-corrected chi connectivity index (χ2v) is 7.73. The normalized spacial score (nSPS) is 24.7. The summed E-state index contributed by atoms with van der Waals surface area (Å²) in [5.74, 6) is 2.39. The lowest BCUT2D eigenvalue weighted by Crippen LogP contribution is -2.38. The first-order chi connectivity index (χ1) is 13.2. The molecule has 0 saturated heterocycles. The molecule has 0 unspecified atom stereocenters. The van der Waals surface area contributed by atoms with E-state index in [1.807, 2.05) is 6.07 Å². The van der Waals surface area contributed by atoms with Gasteiger partial charge in [0.2, 0.25) is 0 Å². The summed E-state index contributed by atoms with van der Waals surface area (Å²) in [7, 11) is 1.64. The quantitative estimate of drug-likeness (QED) is 0.853. The number of nitriles is 1. The van der Waals surface area contributed by atoms with Gasteiger partial charge in [-0.05, 0) is 37.7 Å². The molecule has 0 aromatic heterocycles. The lowest BCUT2D eigenvalue weighted by atomic mass is 9.86. The number of nitrogens with one attached hydrogen (secondary N) is 1. The van der Waals surface area contributed by atoms with E-state index in [2.05, 4.69) is 16.3 Å². The number of methoxy groups -OCH3 is 1. The Bertz CT molecular complexity index is 775. The fourth-order valence-electron chi connectivity index (χ4n) is 4.51. The maximum absolute atomic E-state index is 9.63. The summed E-state index contributed by atoms with van der Waals surface area (Å²) in [6.07, 6.45) is 5.43. The number of nitrogens with two attached hydrogens (primary N) is 1. The van der Waals surface area contributed by atoms with E-state index in [-0.39, 0.29) is 0 Å². The molecule has 1 aliphatic carbocycles. The fourth-order valence-corrected chi connectivity index (χ4v) is 4.51. The summed E-state index contributed by atoms with van der Waals surface area (Å²) in [5, 5.41) is 13.1. The number of nitrogens with zero attached hydrogens (tertiary/aromatic N) is 2. The van der Waals surface area contributed by atoms with Crippen LogP contribution in [-0.4, -0.2) is 44.3 Å². The van der Waals surface area contributed by atoms with Crippen molar-refractivity contribution in [3.05, 3.63) is 29.0 Å². The number of benzene rings is 1. The van der Waals surface area contributed by atoms with E-state index in [1.54, 1.807) is 13.2 Å². The second kappa shape index (κ2) is 7.69. The van der Waals surface area contributed by atoms with Crippen molar-refractivity contribution in [2.75, 3.05) is 38.7 Å². The zero-order chi connectivity index (χ0) is 18.8. The van der Waals surface area contributed by atoms with Crippen molar-refractivity contribution in [1.82, 2.24) is 4.90 Å². The summed E-state index contributed by atoms with van der Waals surface area (Å²) in [6.45, 7) is 3.38. The fraction of sp³-hybridized carbons (Fsp3) is 0.571. The average molecular weight is 368 g/mol. The SMILES string of the molecule is COc1cc(C#N)c2c(c1)C1=C(CCN2)OCCN1CC1CCC(N)CC1. The van der Waals surface area contributed by atoms with Gasteiger partial charge in [-0.25, -0.2) is 0 Å². The highest BCUT2D eigenvalue weighted by molar-refractivity contribution is 5.82. The summed E-state index contributed by atoms with van der Waals surface area (Å²) in [4.78, 5) is 2.47. The van der Waals surface area contributed by atoms with Crippen molar-refractivity contribution < 1.29 is 9.47 Å². The van der Waals surface area contributed by atoms with E-state index in [9.17, 15) is 5.26 Å². The molecule has 1 fully saturated rings. The molecule has 3 N–H and O–H groups in total. The van der Waals surface area contributed by atoms with Gasteiger partial charge in [0.05, 0.1) is 30.6 Å². The molecule has 6 nitrogen and oxygen atoms in total. The Morgan fingerprint density at radius 2 is 2.15 bits per heavy atom. The maximum Gasteiger partial charge on any atom is 0.122 e. The van der Waals surface area contributed by atoms with E-state index in [0.717, 1.165) is 68.2 Å². The Morgan fingerprint density at radius 1 is 1.33 bits per heavy atom. The summed E-state index contributed by atoms with van der Waals surface area (Å²) < 4.78 is 11.5. The van der Waals surface area contributed by atoms with Crippen molar-refractivity contribution in [1.29, 1.82) is 5.26 Å². The van der Waals surface area contributed by atoms with Gasteiger partial charge in [-0.3, -0.25) is 0 Å². The summed E-state index contributed by atoms with van der Waals surface area (Å²) in [6, 6.07) is 6.51. The first-order valence-corrected chi connectivity index (χ1v) is 9.92. The van der Waals surface area contributed by atoms with E-state index >= 15 is 0 Å². The van der Waals surface area contributed by atoms with Crippen molar-refractivity contribution in [2.24, 2.45) is 11.7 Å². The maximum atomic E-state index is 9.63. The molecular formula is C21H28N4O2. The number of ether oxygens (including phenoxy) is 2. The predicted molar refractivity (Wildman–Crippen MR) is 105 cm³/mol. The molecule has 0 bridgehead atoms. The topological polar surface area (TPSA) is 83.5 Å². The molecular weight excluding hydrogens is 340 g/mol. The Balaban J connectivity index is 1.71. The van der Waals surface area contributed by atoms with Gasteiger partial charge in [-0.2, -0.15) is 5.26 Å². The minimum absolute atomic E-state index is 0.367. The Labute approximate surface area is 160 Å². The van der Waals surface area contributed by atoms with Gasteiger partial charge >= 0.3 is 0 Å². The number of anilines is 1. The molecule has 6 heteroatoms. The van der Waals surface area contributed by atoms with Crippen molar-refractivity contribution in [3.63, 3.8) is 0 Å². The van der Waals surface area contributed by atoms with Crippen LogP contribution in [0.2, 0.25) is 0 Å². The molecule has 2 aliphatic heterocycles. The van der Waals surface area contributed by atoms with Gasteiger partial charge in [-0.15, -0.1) is 0 Å². The zero-order valence-electron chi connectivity index (χ0n) is 16.0. The van der Waals surface area contributed by atoms with Crippen LogP contribution < -0.4 is 15.8 Å². The second-order valence-electron chi connectivity index (χ2n) is 7.73. The average Bonchev–Trinajstić information content (AvgIpc) is 2.89. The van der Waals surface area contributed by atoms with Gasteiger partial charge in [0, 0.05) is 37.2 Å². The van der Waals surface area contributed by atoms with Gasteiger partial charge in [-0.1, -0.05) is 0 Å². The smallest absolute Gasteiger partial charge is 0.122 e. The number of hydrogen-bond donors (Lipinski definition) is 2. The van der Waals surface area contributed by atoms with Gasteiger partial charge in [0.25, 0.3) is 0 Å². The molecule has 4 rings (SSSR count). The van der Waals surface area contributed by atoms with Crippen LogP contribution in [0, 0.1) is 17.2 Å². The summed E-state index contributed by atoms with van der Waals surface area (Å²) in [5.41, 5.74) is 9.75. The highest BCUT2D eigenvalue weighted by atomic mass is 16.5. The van der Waals surface area contributed by atoms with Crippen LogP contribution >= 0.6 is 0 Å². The van der Waals surface area contributed by atoms with Gasteiger partial charge < -0.3 is 25.4 Å². The van der Waals surface area contributed by atoms with Crippen molar-refractivity contribution in [3.8, 4) is 11.8 Å². The highest BCUT2D eigenvalue weighted by Gasteiger charge is 2.31. The lowest BCUT2D eigenvalue weighted by Gasteiger charge is -2.38. The minimum atomic E-state index is 0.367. The van der Waals surface area contributed by atoms with Crippen LogP contribution in [0.5, 0.6) is 5.75 Å². The molecule has 1 aromatic carbocycles. The zero-order valence-corrected chi connectivity index (χ0v) is 16.0. The molecule has 144 valence electrons. The van der Waals surface area contributed by atoms with Crippen LogP contribution in [0.3, 0.4) is 0 Å². The molecule has 0 radical (unpaired) electrons. The number of rotatable bonds is 3. The molecule has 0 amide bonds. The van der Waals surface area contributed by atoms with Gasteiger partial charge in [0.1, 0.15) is 24.2 Å². The third kappa shape index (κ3) is 3.57.